The number of benzene rings is 20. The summed E-state index contributed by atoms with van der Waals surface area (Å²) in [6, 6.07) is 168. The Kier molecular flexibility index (Phi) is 19.9. The van der Waals surface area contributed by atoms with Gasteiger partial charge in [-0.25, -0.2) is 29.9 Å². The maximum absolute atomic E-state index is 7.30. The maximum atomic E-state index is 7.30. The quantitative estimate of drug-likeness (QED) is 0.0984. The molecule has 9 heterocycles. The second-order valence-electron chi connectivity index (χ2n) is 36.4. The van der Waals surface area contributed by atoms with Gasteiger partial charge in [-0.05, 0) is 142 Å². The smallest absolute Gasteiger partial charge is 0.166 e. The second-order valence-corrected chi connectivity index (χ2v) is 37.4. The number of aromatic nitrogens is 10. The van der Waals surface area contributed by atoms with E-state index in [9.17, 15) is 0 Å². The summed E-state index contributed by atoms with van der Waals surface area (Å²) >= 11 is 1.83. The Hall–Kier alpha value is -19.2. The highest BCUT2D eigenvalue weighted by molar-refractivity contribution is 7.26. The molecular weight excluding hydrogens is 1780 g/mol. The zero-order chi connectivity index (χ0) is 94.8. The van der Waals surface area contributed by atoms with Gasteiger partial charge in [-0.15, -0.1) is 11.3 Å². The molecule has 12 nitrogen and oxygen atoms in total. The summed E-state index contributed by atoms with van der Waals surface area (Å²) in [5, 5.41) is 13.4. The van der Waals surface area contributed by atoms with E-state index in [-0.39, 0.29) is 0 Å². The molecule has 144 heavy (non-hydrogen) atoms. The van der Waals surface area contributed by atoms with E-state index in [0.29, 0.717) is 34.9 Å². The number of hydrogen-bond donors (Lipinski definition) is 0. The van der Waals surface area contributed by atoms with Gasteiger partial charge >= 0.3 is 0 Å². The first-order chi connectivity index (χ1) is 71.4. The molecule has 0 saturated carbocycles. The third-order valence-corrected chi connectivity index (χ3v) is 29.3. The van der Waals surface area contributed by atoms with Crippen LogP contribution >= 0.6 is 11.3 Å². The van der Waals surface area contributed by atoms with E-state index in [2.05, 4.69) is 396 Å². The normalized spacial score (nSPS) is 11.8. The highest BCUT2D eigenvalue weighted by atomic mass is 32.1. The van der Waals surface area contributed by atoms with Crippen LogP contribution in [0.2, 0.25) is 0 Å². The molecular formula is C131H80N10O2S. The lowest BCUT2D eigenvalue weighted by Crippen LogP contribution is -2.02. The van der Waals surface area contributed by atoms with Crippen molar-refractivity contribution in [1.82, 2.24) is 48.6 Å². The molecule has 0 aliphatic rings. The number of furan rings is 2. The SMILES string of the molecule is c1ccc(-c2ccc(-c3ccccc3)c(-c3cnc(-c4cccc5sc6c(ccc7c8ccccc8n(-c8ccccc8)c76)c45)c(-c4nc(-c5ccccc5)nc(-c5ccccc5)n4)c3)c2)cc1.c1ccc(-c2nc(-c3ccccc3)nc(-c3cc(-c4cccc5c4oc4c5ccc5c4c4ccccc4n5-c4ccccc4)ccc3-c3cccc4c3oc3c4ccc4c3c3ccccc3n4-c3ccccc3)n2)cc1. The summed E-state index contributed by atoms with van der Waals surface area (Å²) in [5.41, 5.74) is 30.8. The van der Waals surface area contributed by atoms with Crippen LogP contribution in [0, 0.1) is 0 Å². The van der Waals surface area contributed by atoms with Gasteiger partial charge in [0.2, 0.25) is 0 Å². The van der Waals surface area contributed by atoms with E-state index in [1.807, 2.05) is 115 Å². The zero-order valence-corrected chi connectivity index (χ0v) is 78.2. The van der Waals surface area contributed by atoms with Crippen molar-refractivity contribution in [3.8, 4) is 152 Å². The lowest BCUT2D eigenvalue weighted by atomic mass is 9.90. The van der Waals surface area contributed by atoms with E-state index in [4.69, 9.17) is 43.7 Å². The minimum Gasteiger partial charge on any atom is -0.455 e. The van der Waals surface area contributed by atoms with Crippen molar-refractivity contribution >= 4 is 141 Å². The van der Waals surface area contributed by atoms with Crippen molar-refractivity contribution in [1.29, 1.82) is 0 Å². The molecule has 0 N–H and O–H groups in total. The molecule has 0 saturated heterocycles. The third-order valence-electron chi connectivity index (χ3n) is 28.1. The lowest BCUT2D eigenvalue weighted by molar-refractivity contribution is 0.673. The molecule has 0 fully saturated rings. The molecule has 20 aromatic carbocycles. The average Bonchev–Trinajstić information content (AvgIpc) is 1.56. The predicted octanol–water partition coefficient (Wildman–Crippen LogP) is 34.6. The van der Waals surface area contributed by atoms with Crippen molar-refractivity contribution in [3.63, 3.8) is 0 Å². The molecule has 0 bridgehead atoms. The van der Waals surface area contributed by atoms with E-state index < -0.39 is 0 Å². The van der Waals surface area contributed by atoms with Crippen molar-refractivity contribution < 1.29 is 8.83 Å². The van der Waals surface area contributed by atoms with Gasteiger partial charge in [0.25, 0.3) is 0 Å². The second kappa shape index (κ2) is 34.4. The molecule has 0 amide bonds. The summed E-state index contributed by atoms with van der Waals surface area (Å²) in [7, 11) is 0. The van der Waals surface area contributed by atoms with Crippen LogP contribution in [0.15, 0.2) is 494 Å². The van der Waals surface area contributed by atoms with Gasteiger partial charge in [0.1, 0.15) is 22.3 Å². The first-order valence-corrected chi connectivity index (χ1v) is 49.2. The molecule has 13 heteroatoms. The van der Waals surface area contributed by atoms with Crippen LogP contribution in [0.5, 0.6) is 0 Å². The van der Waals surface area contributed by atoms with Gasteiger partial charge < -0.3 is 22.5 Å². The van der Waals surface area contributed by atoms with Crippen LogP contribution < -0.4 is 0 Å². The summed E-state index contributed by atoms with van der Waals surface area (Å²) in [6.45, 7) is 0. The van der Waals surface area contributed by atoms with Crippen molar-refractivity contribution in [2.24, 2.45) is 0 Å². The van der Waals surface area contributed by atoms with Crippen LogP contribution in [0.3, 0.4) is 0 Å². The van der Waals surface area contributed by atoms with E-state index >= 15 is 0 Å². The largest absolute Gasteiger partial charge is 0.455 e. The van der Waals surface area contributed by atoms with Gasteiger partial charge in [0, 0.05) is 137 Å². The molecule has 0 aliphatic carbocycles. The predicted molar refractivity (Wildman–Crippen MR) is 593 cm³/mol. The Balaban J connectivity index is 0.000000141. The molecule has 29 aromatic rings. The Labute approximate surface area is 830 Å². The van der Waals surface area contributed by atoms with Crippen LogP contribution in [-0.2, 0) is 0 Å². The Morgan fingerprint density at radius 2 is 0.556 bits per heavy atom. The van der Waals surface area contributed by atoms with Gasteiger partial charge in [-0.3, -0.25) is 4.98 Å². The van der Waals surface area contributed by atoms with E-state index in [1.165, 1.54) is 36.6 Å². The number of fused-ring (bicyclic) bond motifs is 21. The molecule has 9 aromatic heterocycles. The molecule has 0 unspecified atom stereocenters. The highest BCUT2D eigenvalue weighted by Gasteiger charge is 2.30. The standard InChI is InChI=1S/C69H41N5O2.C62H39N5S/c1-5-19-42(20-6-1)67-70-68(43-21-7-2-8-22-43)72-69(71-67)56-41-44(47-29-17-31-50-52-37-39-59-61(65(52)75-63(47)50)54-27-13-15-33-57(54)73(59)45-23-9-3-10-24-45)35-36-48(56)49-30-18-32-51-53-38-40-60-62(66(53)76-64(49)51)55-28-14-16-34-58(55)74(60)46-25-11-4-12-26-46;1-6-19-40(20-7-1)44-33-34-47(41-21-8-2-9-22-41)52(37-44)45-38-53(62-65-60(42-23-10-3-11-24-42)64-61(66-62)43-25-12-4-13-26-43)57(63-39-45)50-30-18-32-55-56(50)51-36-35-49-48-29-16-17-31-54(48)67(58(49)59(51)68-55)46-27-14-5-15-28-46/h1-41H;1-39H. The van der Waals surface area contributed by atoms with Gasteiger partial charge in [-0.1, -0.05) is 376 Å². The van der Waals surface area contributed by atoms with Crippen molar-refractivity contribution in [3.05, 3.63) is 485 Å². The fourth-order valence-corrected chi connectivity index (χ4v) is 22.9. The summed E-state index contributed by atoms with van der Waals surface area (Å²) in [6.07, 6.45) is 2.03. The van der Waals surface area contributed by atoms with E-state index in [1.54, 1.807) is 0 Å². The average molecular weight is 1860 g/mol. The number of nitrogens with zero attached hydrogens (tertiary/aromatic N) is 10. The monoisotopic (exact) mass is 1860 g/mol. The van der Waals surface area contributed by atoms with Gasteiger partial charge in [-0.2, -0.15) is 0 Å². The summed E-state index contributed by atoms with van der Waals surface area (Å²) < 4.78 is 24.0. The molecule has 672 valence electrons. The van der Waals surface area contributed by atoms with Gasteiger partial charge in [0.15, 0.2) is 34.9 Å². The number of pyridine rings is 1. The number of thiophene rings is 1. The molecule has 0 radical (unpaired) electrons. The van der Waals surface area contributed by atoms with Crippen molar-refractivity contribution in [2.45, 2.75) is 0 Å². The molecule has 0 atom stereocenters. The number of para-hydroxylation sites is 8. The summed E-state index contributed by atoms with van der Waals surface area (Å²) in [5.74, 6) is 3.44. The maximum Gasteiger partial charge on any atom is 0.166 e. The first kappa shape index (κ1) is 83.0. The molecule has 29 rings (SSSR count). The fourth-order valence-electron chi connectivity index (χ4n) is 21.6. The molecule has 0 spiro atoms. The minimum absolute atomic E-state index is 0.540. The fraction of sp³-hybridized carbons (Fsp3) is 0. The topological polar surface area (TPSA) is 131 Å². The van der Waals surface area contributed by atoms with Crippen LogP contribution in [0.25, 0.3) is 282 Å². The number of hydrogen-bond acceptors (Lipinski definition) is 10. The van der Waals surface area contributed by atoms with E-state index in [0.717, 1.165) is 210 Å². The van der Waals surface area contributed by atoms with Crippen LogP contribution in [-0.4, -0.2) is 48.6 Å². The zero-order valence-electron chi connectivity index (χ0n) is 77.4. The highest BCUT2D eigenvalue weighted by Crippen LogP contribution is 2.52. The minimum atomic E-state index is 0.540. The summed E-state index contributed by atoms with van der Waals surface area (Å²) in [4.78, 5) is 37.2. The van der Waals surface area contributed by atoms with Crippen molar-refractivity contribution in [2.75, 3.05) is 0 Å². The Morgan fingerprint density at radius 1 is 0.188 bits per heavy atom. The third kappa shape index (κ3) is 13.9. The van der Waals surface area contributed by atoms with Crippen LogP contribution in [0.4, 0.5) is 0 Å². The number of rotatable bonds is 15. The van der Waals surface area contributed by atoms with Gasteiger partial charge in [0.05, 0.1) is 54.3 Å². The Morgan fingerprint density at radius 3 is 1.08 bits per heavy atom. The first-order valence-electron chi connectivity index (χ1n) is 48.4. The molecule has 0 aliphatic heterocycles. The lowest BCUT2D eigenvalue weighted by Gasteiger charge is -2.17. The Bertz CT molecular complexity index is 10000. The van der Waals surface area contributed by atoms with Crippen LogP contribution in [0.1, 0.15) is 0 Å².